The molecule has 0 spiro atoms. The van der Waals surface area contributed by atoms with Crippen LogP contribution in [0.5, 0.6) is 0 Å². The van der Waals surface area contributed by atoms with E-state index in [4.69, 9.17) is 10.5 Å². The number of hydrogen-bond donors (Lipinski definition) is 1. The Labute approximate surface area is 115 Å². The third-order valence-corrected chi connectivity index (χ3v) is 2.80. The number of hydrogen-bond acceptors (Lipinski definition) is 3. The van der Waals surface area contributed by atoms with Gasteiger partial charge in [-0.1, -0.05) is 29.8 Å². The van der Waals surface area contributed by atoms with E-state index >= 15 is 0 Å². The standard InChI is InChI=1S/C15H24N2O2/c1-11-7-6-8-12(9-11)13(10-16)17(5)14(18)19-15(2,3)4/h6-9,13H,10,16H2,1-5H3. The molecule has 0 aliphatic heterocycles. The number of aryl methyl sites for hydroxylation is 1. The van der Waals surface area contributed by atoms with Gasteiger partial charge >= 0.3 is 6.09 Å². The summed E-state index contributed by atoms with van der Waals surface area (Å²) >= 11 is 0. The Balaban J connectivity index is 2.88. The zero-order chi connectivity index (χ0) is 14.6. The molecule has 2 N–H and O–H groups in total. The third-order valence-electron chi connectivity index (χ3n) is 2.80. The highest BCUT2D eigenvalue weighted by Gasteiger charge is 2.25. The smallest absolute Gasteiger partial charge is 0.410 e. The molecular weight excluding hydrogens is 240 g/mol. The lowest BCUT2D eigenvalue weighted by Gasteiger charge is -2.30. The highest BCUT2D eigenvalue weighted by atomic mass is 16.6. The molecule has 0 saturated heterocycles. The predicted octanol–water partition coefficient (Wildman–Crippen LogP) is 2.86. The van der Waals surface area contributed by atoms with Gasteiger partial charge in [0.15, 0.2) is 0 Å². The lowest BCUT2D eigenvalue weighted by molar-refractivity contribution is 0.0225. The van der Waals surface area contributed by atoms with E-state index in [0.717, 1.165) is 11.1 Å². The summed E-state index contributed by atoms with van der Waals surface area (Å²) < 4.78 is 5.37. The Morgan fingerprint density at radius 1 is 1.42 bits per heavy atom. The molecule has 1 amide bonds. The van der Waals surface area contributed by atoms with Gasteiger partial charge in [0, 0.05) is 13.6 Å². The SMILES string of the molecule is Cc1cccc(C(CN)N(C)C(=O)OC(C)(C)C)c1. The highest BCUT2D eigenvalue weighted by Crippen LogP contribution is 2.21. The van der Waals surface area contributed by atoms with Crippen LogP contribution in [0.15, 0.2) is 24.3 Å². The molecule has 0 aliphatic rings. The fourth-order valence-electron chi connectivity index (χ4n) is 1.86. The van der Waals surface area contributed by atoms with Crippen molar-refractivity contribution in [3.05, 3.63) is 35.4 Å². The zero-order valence-electron chi connectivity index (χ0n) is 12.4. The van der Waals surface area contributed by atoms with E-state index in [1.54, 1.807) is 11.9 Å². The molecule has 4 nitrogen and oxygen atoms in total. The Kier molecular flexibility index (Phi) is 4.95. The van der Waals surface area contributed by atoms with E-state index in [1.165, 1.54) is 0 Å². The molecule has 0 saturated carbocycles. The summed E-state index contributed by atoms with van der Waals surface area (Å²) in [6.45, 7) is 7.93. The molecular formula is C15H24N2O2. The quantitative estimate of drug-likeness (QED) is 0.913. The van der Waals surface area contributed by atoms with Gasteiger partial charge in [0.25, 0.3) is 0 Å². The van der Waals surface area contributed by atoms with Crippen LogP contribution >= 0.6 is 0 Å². The Bertz CT molecular complexity index is 438. The van der Waals surface area contributed by atoms with Crippen LogP contribution in [0.25, 0.3) is 0 Å². The van der Waals surface area contributed by atoms with Crippen LogP contribution in [-0.4, -0.2) is 30.2 Å². The second-order valence-corrected chi connectivity index (χ2v) is 5.76. The van der Waals surface area contributed by atoms with Crippen molar-refractivity contribution >= 4 is 6.09 Å². The summed E-state index contributed by atoms with van der Waals surface area (Å²) in [5.41, 5.74) is 7.48. The van der Waals surface area contributed by atoms with Crippen molar-refractivity contribution in [2.45, 2.75) is 39.3 Å². The molecule has 0 bridgehead atoms. The summed E-state index contributed by atoms with van der Waals surface area (Å²) in [6, 6.07) is 7.83. The largest absolute Gasteiger partial charge is 0.444 e. The van der Waals surface area contributed by atoms with Crippen LogP contribution in [0.3, 0.4) is 0 Å². The molecule has 106 valence electrons. The molecule has 19 heavy (non-hydrogen) atoms. The van der Waals surface area contributed by atoms with Gasteiger partial charge < -0.3 is 15.4 Å². The Hall–Kier alpha value is -1.55. The van der Waals surface area contributed by atoms with Gasteiger partial charge in [0.05, 0.1) is 6.04 Å². The molecule has 1 rings (SSSR count). The summed E-state index contributed by atoms with van der Waals surface area (Å²) in [7, 11) is 1.72. The van der Waals surface area contributed by atoms with Crippen LogP contribution in [-0.2, 0) is 4.74 Å². The molecule has 1 unspecified atom stereocenters. The van der Waals surface area contributed by atoms with E-state index in [9.17, 15) is 4.79 Å². The molecule has 1 aromatic carbocycles. The number of nitrogens with two attached hydrogens (primary N) is 1. The van der Waals surface area contributed by atoms with Crippen molar-refractivity contribution in [1.82, 2.24) is 4.90 Å². The van der Waals surface area contributed by atoms with Gasteiger partial charge in [0.2, 0.25) is 0 Å². The van der Waals surface area contributed by atoms with E-state index in [0.29, 0.717) is 6.54 Å². The monoisotopic (exact) mass is 264 g/mol. The average Bonchev–Trinajstić information content (AvgIpc) is 2.27. The molecule has 4 heteroatoms. The van der Waals surface area contributed by atoms with Crippen molar-refractivity contribution in [3.63, 3.8) is 0 Å². The number of benzene rings is 1. The number of nitrogens with zero attached hydrogens (tertiary/aromatic N) is 1. The highest BCUT2D eigenvalue weighted by molar-refractivity contribution is 5.68. The molecule has 0 aromatic heterocycles. The molecule has 0 heterocycles. The maximum Gasteiger partial charge on any atom is 0.410 e. The summed E-state index contributed by atoms with van der Waals surface area (Å²) in [5.74, 6) is 0. The molecule has 1 atom stereocenters. The van der Waals surface area contributed by atoms with Crippen molar-refractivity contribution in [2.75, 3.05) is 13.6 Å². The number of amides is 1. The van der Waals surface area contributed by atoms with Gasteiger partial charge in [-0.15, -0.1) is 0 Å². The second kappa shape index (κ2) is 6.06. The Morgan fingerprint density at radius 3 is 2.53 bits per heavy atom. The first-order valence-electron chi connectivity index (χ1n) is 6.47. The first kappa shape index (κ1) is 15.5. The minimum Gasteiger partial charge on any atom is -0.444 e. The maximum atomic E-state index is 12.1. The molecule has 0 radical (unpaired) electrons. The maximum absolute atomic E-state index is 12.1. The van der Waals surface area contributed by atoms with Crippen molar-refractivity contribution in [3.8, 4) is 0 Å². The zero-order valence-corrected chi connectivity index (χ0v) is 12.4. The summed E-state index contributed by atoms with van der Waals surface area (Å²) in [4.78, 5) is 13.6. The second-order valence-electron chi connectivity index (χ2n) is 5.76. The first-order valence-corrected chi connectivity index (χ1v) is 6.47. The number of carbonyl (C=O) groups is 1. The van der Waals surface area contributed by atoms with E-state index in [-0.39, 0.29) is 12.1 Å². The van der Waals surface area contributed by atoms with Crippen LogP contribution in [0.1, 0.15) is 37.9 Å². The van der Waals surface area contributed by atoms with Gasteiger partial charge in [-0.05, 0) is 33.3 Å². The van der Waals surface area contributed by atoms with E-state index in [2.05, 4.69) is 0 Å². The minimum atomic E-state index is -0.503. The Morgan fingerprint density at radius 2 is 2.05 bits per heavy atom. The third kappa shape index (κ3) is 4.56. The molecule has 0 fully saturated rings. The van der Waals surface area contributed by atoms with Gasteiger partial charge in [0.1, 0.15) is 5.60 Å². The van der Waals surface area contributed by atoms with Crippen LogP contribution in [0.2, 0.25) is 0 Å². The summed E-state index contributed by atoms with van der Waals surface area (Å²) in [6.07, 6.45) is -0.357. The van der Waals surface area contributed by atoms with Crippen LogP contribution in [0.4, 0.5) is 4.79 Å². The van der Waals surface area contributed by atoms with Gasteiger partial charge in [-0.25, -0.2) is 4.79 Å². The topological polar surface area (TPSA) is 55.6 Å². The molecule has 0 aliphatic carbocycles. The van der Waals surface area contributed by atoms with E-state index < -0.39 is 5.60 Å². The van der Waals surface area contributed by atoms with E-state index in [1.807, 2.05) is 52.0 Å². The fourth-order valence-corrected chi connectivity index (χ4v) is 1.86. The number of likely N-dealkylation sites (N-methyl/N-ethyl adjacent to an activating group) is 1. The van der Waals surface area contributed by atoms with Crippen molar-refractivity contribution in [2.24, 2.45) is 5.73 Å². The predicted molar refractivity (Wildman–Crippen MR) is 77.0 cm³/mol. The van der Waals surface area contributed by atoms with Gasteiger partial charge in [-0.3, -0.25) is 0 Å². The molecule has 1 aromatic rings. The van der Waals surface area contributed by atoms with Crippen LogP contribution in [0, 0.1) is 6.92 Å². The average molecular weight is 264 g/mol. The van der Waals surface area contributed by atoms with Crippen molar-refractivity contribution < 1.29 is 9.53 Å². The van der Waals surface area contributed by atoms with Crippen LogP contribution < -0.4 is 5.73 Å². The number of rotatable bonds is 3. The number of carbonyl (C=O) groups excluding carboxylic acids is 1. The van der Waals surface area contributed by atoms with Gasteiger partial charge in [-0.2, -0.15) is 0 Å². The minimum absolute atomic E-state index is 0.172. The lowest BCUT2D eigenvalue weighted by Crippen LogP contribution is -2.39. The summed E-state index contributed by atoms with van der Waals surface area (Å²) in [5, 5.41) is 0. The lowest BCUT2D eigenvalue weighted by atomic mass is 10.0. The fraction of sp³-hybridized carbons (Fsp3) is 0.533. The number of ether oxygens (including phenoxy) is 1. The normalized spacial score (nSPS) is 12.9. The van der Waals surface area contributed by atoms with Crippen molar-refractivity contribution in [1.29, 1.82) is 0 Å². The first-order chi connectivity index (χ1) is 8.74.